The highest BCUT2D eigenvalue weighted by Gasteiger charge is 2.25. The SMILES string of the molecule is CC(C)C(NS(=O)(=O)c1cn[nH]c1)C(=N)N. The van der Waals surface area contributed by atoms with Crippen molar-refractivity contribution >= 4 is 15.9 Å². The number of amidine groups is 1. The van der Waals surface area contributed by atoms with Gasteiger partial charge in [0.25, 0.3) is 0 Å². The Morgan fingerprint density at radius 1 is 1.62 bits per heavy atom. The van der Waals surface area contributed by atoms with Gasteiger partial charge in [0.1, 0.15) is 10.7 Å². The normalized spacial score (nSPS) is 13.9. The summed E-state index contributed by atoms with van der Waals surface area (Å²) in [6.45, 7) is 3.56. The van der Waals surface area contributed by atoms with Crippen LogP contribution in [0.1, 0.15) is 13.8 Å². The molecule has 0 amide bonds. The number of sulfonamides is 1. The van der Waals surface area contributed by atoms with Gasteiger partial charge < -0.3 is 5.73 Å². The number of H-pyrrole nitrogens is 1. The van der Waals surface area contributed by atoms with Crippen LogP contribution in [0.3, 0.4) is 0 Å². The van der Waals surface area contributed by atoms with Gasteiger partial charge in [-0.2, -0.15) is 5.10 Å². The van der Waals surface area contributed by atoms with E-state index >= 15 is 0 Å². The molecule has 0 aromatic carbocycles. The Balaban J connectivity index is 2.92. The van der Waals surface area contributed by atoms with Crippen molar-refractivity contribution in [1.82, 2.24) is 14.9 Å². The van der Waals surface area contributed by atoms with Crippen molar-refractivity contribution in [3.05, 3.63) is 12.4 Å². The van der Waals surface area contributed by atoms with E-state index in [4.69, 9.17) is 11.1 Å². The Morgan fingerprint density at radius 3 is 2.62 bits per heavy atom. The van der Waals surface area contributed by atoms with Crippen LogP contribution in [0.25, 0.3) is 0 Å². The molecule has 0 saturated carbocycles. The summed E-state index contributed by atoms with van der Waals surface area (Å²) in [6.07, 6.45) is 2.46. The summed E-state index contributed by atoms with van der Waals surface area (Å²) in [5.74, 6) is -0.304. The van der Waals surface area contributed by atoms with Crippen molar-refractivity contribution < 1.29 is 8.42 Å². The van der Waals surface area contributed by atoms with Crippen LogP contribution in [0.2, 0.25) is 0 Å². The maximum atomic E-state index is 11.8. The first-order valence-corrected chi connectivity index (χ1v) is 6.18. The second kappa shape index (κ2) is 4.62. The molecule has 0 aliphatic carbocycles. The molecule has 0 bridgehead atoms. The third-order valence-electron chi connectivity index (χ3n) is 2.07. The molecule has 5 N–H and O–H groups in total. The van der Waals surface area contributed by atoms with Gasteiger partial charge >= 0.3 is 0 Å². The fourth-order valence-electron chi connectivity index (χ4n) is 1.18. The number of nitrogens with zero attached hydrogens (tertiary/aromatic N) is 1. The van der Waals surface area contributed by atoms with Crippen molar-refractivity contribution in [3.8, 4) is 0 Å². The summed E-state index contributed by atoms with van der Waals surface area (Å²) in [7, 11) is -3.67. The van der Waals surface area contributed by atoms with Gasteiger partial charge in [0, 0.05) is 6.20 Å². The smallest absolute Gasteiger partial charge is 0.244 e. The lowest BCUT2D eigenvalue weighted by Crippen LogP contribution is -2.47. The molecule has 1 unspecified atom stereocenters. The average Bonchev–Trinajstić information content (AvgIpc) is 2.66. The third kappa shape index (κ3) is 2.80. The Labute approximate surface area is 94.0 Å². The molecule has 0 aliphatic heterocycles. The molecule has 1 heterocycles. The number of hydrogen-bond donors (Lipinski definition) is 4. The molecular weight excluding hydrogens is 230 g/mol. The van der Waals surface area contributed by atoms with Crippen LogP contribution < -0.4 is 10.5 Å². The standard InChI is InChI=1S/C8H15N5O2S/c1-5(2)7(8(9)10)13-16(14,15)6-3-11-12-4-6/h3-5,7,13H,1-2H3,(H3,9,10)(H,11,12). The molecule has 0 radical (unpaired) electrons. The van der Waals surface area contributed by atoms with Crippen molar-refractivity contribution in [3.63, 3.8) is 0 Å². The minimum Gasteiger partial charge on any atom is -0.386 e. The van der Waals surface area contributed by atoms with Crippen LogP contribution in [-0.2, 0) is 10.0 Å². The van der Waals surface area contributed by atoms with E-state index in [0.29, 0.717) is 0 Å². The zero-order chi connectivity index (χ0) is 12.3. The zero-order valence-electron chi connectivity index (χ0n) is 9.06. The summed E-state index contributed by atoms with van der Waals surface area (Å²) in [5, 5.41) is 13.3. The van der Waals surface area contributed by atoms with Crippen molar-refractivity contribution in [1.29, 1.82) is 5.41 Å². The molecule has 7 nitrogen and oxygen atoms in total. The van der Waals surface area contributed by atoms with E-state index < -0.39 is 16.1 Å². The van der Waals surface area contributed by atoms with Gasteiger partial charge in [0.05, 0.1) is 12.2 Å². The number of nitrogens with two attached hydrogens (primary N) is 1. The number of rotatable bonds is 5. The molecule has 1 aromatic rings. The predicted molar refractivity (Wildman–Crippen MR) is 59.4 cm³/mol. The van der Waals surface area contributed by atoms with E-state index in [0.717, 1.165) is 0 Å². The van der Waals surface area contributed by atoms with Gasteiger partial charge in [-0.25, -0.2) is 13.1 Å². The lowest BCUT2D eigenvalue weighted by Gasteiger charge is -2.20. The van der Waals surface area contributed by atoms with E-state index in [1.54, 1.807) is 13.8 Å². The largest absolute Gasteiger partial charge is 0.386 e. The number of aromatic nitrogens is 2. The predicted octanol–water partition coefficient (Wildman–Crippen LogP) is -0.351. The minimum absolute atomic E-state index is 0.0272. The molecule has 1 atom stereocenters. The Morgan fingerprint density at radius 2 is 2.25 bits per heavy atom. The minimum atomic E-state index is -3.67. The highest BCUT2D eigenvalue weighted by molar-refractivity contribution is 7.89. The fraction of sp³-hybridized carbons (Fsp3) is 0.500. The Bertz CT molecular complexity index is 451. The van der Waals surface area contributed by atoms with Gasteiger partial charge in [-0.05, 0) is 5.92 Å². The summed E-state index contributed by atoms with van der Waals surface area (Å²) >= 11 is 0. The number of hydrogen-bond acceptors (Lipinski definition) is 4. The molecule has 8 heteroatoms. The van der Waals surface area contributed by atoms with E-state index in [9.17, 15) is 8.42 Å². The van der Waals surface area contributed by atoms with Crippen LogP contribution in [0.5, 0.6) is 0 Å². The van der Waals surface area contributed by atoms with Gasteiger partial charge in [0.15, 0.2) is 0 Å². The van der Waals surface area contributed by atoms with Crippen molar-refractivity contribution in [2.45, 2.75) is 24.8 Å². The van der Waals surface area contributed by atoms with E-state index in [1.807, 2.05) is 0 Å². The monoisotopic (exact) mass is 245 g/mol. The van der Waals surface area contributed by atoms with Crippen molar-refractivity contribution in [2.24, 2.45) is 11.7 Å². The summed E-state index contributed by atoms with van der Waals surface area (Å²) in [5.41, 5.74) is 5.33. The lowest BCUT2D eigenvalue weighted by molar-refractivity contribution is 0.522. The first-order valence-electron chi connectivity index (χ1n) is 4.69. The quantitative estimate of drug-likeness (QED) is 0.418. The highest BCUT2D eigenvalue weighted by atomic mass is 32.2. The fourth-order valence-corrected chi connectivity index (χ4v) is 2.45. The molecular formula is C8H15N5O2S. The number of aromatic amines is 1. The van der Waals surface area contributed by atoms with Crippen LogP contribution >= 0.6 is 0 Å². The number of nitrogens with one attached hydrogen (secondary N) is 3. The Hall–Kier alpha value is -1.41. The summed E-state index contributed by atoms with van der Waals surface area (Å²) < 4.78 is 25.9. The molecule has 1 rings (SSSR count). The summed E-state index contributed by atoms with van der Waals surface area (Å²) in [6, 6.07) is -0.708. The van der Waals surface area contributed by atoms with E-state index in [2.05, 4.69) is 14.9 Å². The molecule has 0 aliphatic rings. The van der Waals surface area contributed by atoms with Crippen molar-refractivity contribution in [2.75, 3.05) is 0 Å². The van der Waals surface area contributed by atoms with Gasteiger partial charge in [-0.15, -0.1) is 0 Å². The second-order valence-electron chi connectivity index (χ2n) is 3.73. The average molecular weight is 245 g/mol. The summed E-state index contributed by atoms with van der Waals surface area (Å²) in [4.78, 5) is 0.0272. The van der Waals surface area contributed by atoms with Gasteiger partial charge in [-0.1, -0.05) is 13.8 Å². The maximum absolute atomic E-state index is 11.8. The third-order valence-corrected chi connectivity index (χ3v) is 3.48. The van der Waals surface area contributed by atoms with E-state index in [1.165, 1.54) is 12.4 Å². The molecule has 0 fully saturated rings. The van der Waals surface area contributed by atoms with Crippen LogP contribution in [0.4, 0.5) is 0 Å². The molecule has 0 saturated heterocycles. The van der Waals surface area contributed by atoms with Crippen LogP contribution in [0, 0.1) is 11.3 Å². The molecule has 16 heavy (non-hydrogen) atoms. The van der Waals surface area contributed by atoms with Gasteiger partial charge in [-0.3, -0.25) is 10.5 Å². The highest BCUT2D eigenvalue weighted by Crippen LogP contribution is 2.09. The van der Waals surface area contributed by atoms with Crippen LogP contribution in [0.15, 0.2) is 17.3 Å². The van der Waals surface area contributed by atoms with Gasteiger partial charge in [0.2, 0.25) is 10.0 Å². The molecule has 90 valence electrons. The first kappa shape index (κ1) is 12.7. The topological polar surface area (TPSA) is 125 Å². The van der Waals surface area contributed by atoms with E-state index in [-0.39, 0.29) is 16.6 Å². The molecule has 1 aromatic heterocycles. The van der Waals surface area contributed by atoms with Crippen LogP contribution in [-0.4, -0.2) is 30.5 Å². The first-order chi connectivity index (χ1) is 7.34. The maximum Gasteiger partial charge on any atom is 0.244 e. The zero-order valence-corrected chi connectivity index (χ0v) is 9.88. The Kier molecular flexibility index (Phi) is 3.66. The molecule has 0 spiro atoms. The lowest BCUT2D eigenvalue weighted by atomic mass is 10.1. The second-order valence-corrected chi connectivity index (χ2v) is 5.45.